The van der Waals surface area contributed by atoms with Gasteiger partial charge in [-0.05, 0) is 44.9 Å². The Bertz CT molecular complexity index is 328. The average molecular weight is 205 g/mol. The van der Waals surface area contributed by atoms with Crippen molar-refractivity contribution in [1.29, 1.82) is 0 Å². The third-order valence-corrected chi connectivity index (χ3v) is 3.08. The molecule has 3 heteroatoms. The first-order chi connectivity index (χ1) is 7.27. The highest BCUT2D eigenvalue weighted by Crippen LogP contribution is 2.24. The lowest BCUT2D eigenvalue weighted by Gasteiger charge is -2.17. The molecule has 1 aliphatic rings. The van der Waals surface area contributed by atoms with Crippen molar-refractivity contribution in [2.24, 2.45) is 0 Å². The van der Waals surface area contributed by atoms with Gasteiger partial charge >= 0.3 is 0 Å². The molecular weight excluding hydrogens is 186 g/mol. The maximum Gasteiger partial charge on any atom is 0.0648 e. The summed E-state index contributed by atoms with van der Waals surface area (Å²) in [4.78, 5) is 0. The van der Waals surface area contributed by atoms with Crippen molar-refractivity contribution in [1.82, 2.24) is 15.5 Å². The fourth-order valence-electron chi connectivity index (χ4n) is 2.22. The fraction of sp³-hybridized carbons (Fsp3) is 0.667. The Hall–Kier alpha value is -0.960. The summed E-state index contributed by atoms with van der Waals surface area (Å²) in [6.45, 7) is 5.19. The first-order valence-corrected chi connectivity index (χ1v) is 5.81. The Morgan fingerprint density at radius 2 is 2.07 bits per heavy atom. The third-order valence-electron chi connectivity index (χ3n) is 3.08. The first kappa shape index (κ1) is 10.6. The molecule has 1 N–H and O–H groups in total. The van der Waals surface area contributed by atoms with E-state index in [1.807, 2.05) is 13.8 Å². The van der Waals surface area contributed by atoms with E-state index in [1.54, 1.807) is 0 Å². The zero-order valence-electron chi connectivity index (χ0n) is 9.58. The summed E-state index contributed by atoms with van der Waals surface area (Å²) >= 11 is 0. The van der Waals surface area contributed by atoms with Gasteiger partial charge in [0.25, 0.3) is 0 Å². The molecular formula is C12H19N3. The predicted octanol–water partition coefficient (Wildman–Crippen LogP) is 2.30. The molecule has 0 saturated carbocycles. The van der Waals surface area contributed by atoms with Gasteiger partial charge in [0.1, 0.15) is 0 Å². The van der Waals surface area contributed by atoms with Crippen LogP contribution < -0.4 is 5.32 Å². The molecule has 0 aliphatic carbocycles. The predicted molar refractivity (Wildman–Crippen MR) is 60.7 cm³/mol. The van der Waals surface area contributed by atoms with Gasteiger partial charge in [-0.3, -0.25) is 0 Å². The maximum atomic E-state index is 4.19. The molecule has 0 amide bonds. The SMILES string of the molecule is Cc1cc(C2CCCCCN2)c(C)nn1. The monoisotopic (exact) mass is 205 g/mol. The molecule has 0 bridgehead atoms. The average Bonchev–Trinajstić information content (AvgIpc) is 2.50. The molecule has 1 atom stereocenters. The Labute approximate surface area is 91.3 Å². The quantitative estimate of drug-likeness (QED) is 0.764. The summed E-state index contributed by atoms with van der Waals surface area (Å²) in [5.74, 6) is 0. The molecule has 0 aromatic carbocycles. The first-order valence-electron chi connectivity index (χ1n) is 5.81. The van der Waals surface area contributed by atoms with Gasteiger partial charge in [-0.2, -0.15) is 10.2 Å². The van der Waals surface area contributed by atoms with Crippen molar-refractivity contribution >= 4 is 0 Å². The van der Waals surface area contributed by atoms with E-state index in [0.717, 1.165) is 17.9 Å². The molecule has 2 heterocycles. The zero-order valence-corrected chi connectivity index (χ0v) is 9.58. The van der Waals surface area contributed by atoms with Crippen molar-refractivity contribution in [2.75, 3.05) is 6.54 Å². The fourth-order valence-corrected chi connectivity index (χ4v) is 2.22. The summed E-state index contributed by atoms with van der Waals surface area (Å²) in [5, 5.41) is 11.9. The van der Waals surface area contributed by atoms with Crippen LogP contribution in [0.4, 0.5) is 0 Å². The van der Waals surface area contributed by atoms with E-state index in [-0.39, 0.29) is 0 Å². The Morgan fingerprint density at radius 1 is 1.20 bits per heavy atom. The highest BCUT2D eigenvalue weighted by molar-refractivity contribution is 5.23. The summed E-state index contributed by atoms with van der Waals surface area (Å²) in [6.07, 6.45) is 5.19. The molecule has 0 spiro atoms. The van der Waals surface area contributed by atoms with E-state index < -0.39 is 0 Å². The van der Waals surface area contributed by atoms with Crippen LogP contribution in [0.1, 0.15) is 48.7 Å². The topological polar surface area (TPSA) is 37.8 Å². The lowest BCUT2D eigenvalue weighted by molar-refractivity contribution is 0.528. The molecule has 1 aromatic rings. The molecule has 1 aromatic heterocycles. The number of aryl methyl sites for hydroxylation is 2. The lowest BCUT2D eigenvalue weighted by atomic mass is 10.0. The minimum atomic E-state index is 0.488. The number of nitrogens with one attached hydrogen (secondary N) is 1. The van der Waals surface area contributed by atoms with Crippen molar-refractivity contribution in [3.05, 3.63) is 23.0 Å². The number of hydrogen-bond acceptors (Lipinski definition) is 3. The van der Waals surface area contributed by atoms with E-state index in [2.05, 4.69) is 21.6 Å². The molecule has 82 valence electrons. The maximum absolute atomic E-state index is 4.19. The molecule has 3 nitrogen and oxygen atoms in total. The van der Waals surface area contributed by atoms with Crippen LogP contribution >= 0.6 is 0 Å². The second kappa shape index (κ2) is 4.71. The van der Waals surface area contributed by atoms with Crippen molar-refractivity contribution < 1.29 is 0 Å². The van der Waals surface area contributed by atoms with Crippen LogP contribution in [0.15, 0.2) is 6.07 Å². The van der Waals surface area contributed by atoms with Crippen LogP contribution in [0.25, 0.3) is 0 Å². The van der Waals surface area contributed by atoms with Gasteiger partial charge in [0.15, 0.2) is 0 Å². The van der Waals surface area contributed by atoms with Gasteiger partial charge in [-0.25, -0.2) is 0 Å². The second-order valence-corrected chi connectivity index (χ2v) is 4.38. The van der Waals surface area contributed by atoms with Gasteiger partial charge in [0, 0.05) is 6.04 Å². The van der Waals surface area contributed by atoms with E-state index in [9.17, 15) is 0 Å². The number of hydrogen-bond donors (Lipinski definition) is 1. The van der Waals surface area contributed by atoms with Gasteiger partial charge in [0.05, 0.1) is 11.4 Å². The third kappa shape index (κ3) is 2.53. The molecule has 0 radical (unpaired) electrons. The summed E-state index contributed by atoms with van der Waals surface area (Å²) < 4.78 is 0. The van der Waals surface area contributed by atoms with Crippen LogP contribution in [0.3, 0.4) is 0 Å². The highest BCUT2D eigenvalue weighted by atomic mass is 15.1. The highest BCUT2D eigenvalue weighted by Gasteiger charge is 2.16. The van der Waals surface area contributed by atoms with Crippen LogP contribution in [-0.2, 0) is 0 Å². The van der Waals surface area contributed by atoms with Gasteiger partial charge in [-0.1, -0.05) is 12.8 Å². The van der Waals surface area contributed by atoms with E-state index in [1.165, 1.54) is 31.2 Å². The van der Waals surface area contributed by atoms with Crippen LogP contribution in [0, 0.1) is 13.8 Å². The molecule has 15 heavy (non-hydrogen) atoms. The largest absolute Gasteiger partial charge is 0.310 e. The Morgan fingerprint density at radius 3 is 2.93 bits per heavy atom. The zero-order chi connectivity index (χ0) is 10.7. The summed E-state index contributed by atoms with van der Waals surface area (Å²) in [6, 6.07) is 2.66. The number of rotatable bonds is 1. The molecule has 1 unspecified atom stereocenters. The number of nitrogens with zero attached hydrogens (tertiary/aromatic N) is 2. The van der Waals surface area contributed by atoms with E-state index in [0.29, 0.717) is 6.04 Å². The van der Waals surface area contributed by atoms with Crippen LogP contribution in [0.5, 0.6) is 0 Å². The standard InChI is InChI=1S/C12H19N3/c1-9-8-11(10(2)15-14-9)12-6-4-3-5-7-13-12/h8,12-13H,3-7H2,1-2H3. The molecule has 2 rings (SSSR count). The second-order valence-electron chi connectivity index (χ2n) is 4.38. The van der Waals surface area contributed by atoms with Crippen molar-refractivity contribution in [2.45, 2.75) is 45.6 Å². The van der Waals surface area contributed by atoms with Crippen LogP contribution in [-0.4, -0.2) is 16.7 Å². The minimum Gasteiger partial charge on any atom is -0.310 e. The Kier molecular flexibility index (Phi) is 3.31. The minimum absolute atomic E-state index is 0.488. The van der Waals surface area contributed by atoms with Crippen molar-refractivity contribution in [3.63, 3.8) is 0 Å². The number of aromatic nitrogens is 2. The van der Waals surface area contributed by atoms with Gasteiger partial charge in [0.2, 0.25) is 0 Å². The Balaban J connectivity index is 2.22. The molecule has 1 aliphatic heterocycles. The molecule has 1 saturated heterocycles. The van der Waals surface area contributed by atoms with E-state index in [4.69, 9.17) is 0 Å². The van der Waals surface area contributed by atoms with Crippen molar-refractivity contribution in [3.8, 4) is 0 Å². The van der Waals surface area contributed by atoms with Gasteiger partial charge < -0.3 is 5.32 Å². The van der Waals surface area contributed by atoms with Crippen LogP contribution in [0.2, 0.25) is 0 Å². The smallest absolute Gasteiger partial charge is 0.0648 e. The lowest BCUT2D eigenvalue weighted by Crippen LogP contribution is -2.21. The molecule has 1 fully saturated rings. The summed E-state index contributed by atoms with van der Waals surface area (Å²) in [7, 11) is 0. The van der Waals surface area contributed by atoms with E-state index >= 15 is 0 Å². The summed E-state index contributed by atoms with van der Waals surface area (Å²) in [5.41, 5.74) is 3.42. The van der Waals surface area contributed by atoms with Gasteiger partial charge in [-0.15, -0.1) is 0 Å². The normalized spacial score (nSPS) is 22.4.